The van der Waals surface area contributed by atoms with Crippen LogP contribution in [0.25, 0.3) is 11.1 Å². The molecule has 1 aliphatic heterocycles. The van der Waals surface area contributed by atoms with Crippen LogP contribution in [0.5, 0.6) is 0 Å². The molecule has 0 spiro atoms. The number of likely N-dealkylation sites (tertiary alicyclic amines) is 1. The number of nitrogens with zero attached hydrogens (tertiary/aromatic N) is 1. The molecule has 31 heavy (non-hydrogen) atoms. The van der Waals surface area contributed by atoms with E-state index in [0.717, 1.165) is 11.1 Å². The number of rotatable bonds is 5. The molecule has 2 amide bonds. The lowest BCUT2D eigenvalue weighted by molar-refractivity contribution is -0.130. The number of carbonyl (C=O) groups excluding carboxylic acids is 2. The van der Waals surface area contributed by atoms with E-state index in [1.165, 1.54) is 11.1 Å². The number of aryl methyl sites for hydroxylation is 1. The molecule has 4 rings (SSSR count). The second-order valence-electron chi connectivity index (χ2n) is 8.45. The van der Waals surface area contributed by atoms with Gasteiger partial charge in [-0.3, -0.25) is 9.59 Å². The topological polar surface area (TPSA) is 63.4 Å². The zero-order chi connectivity index (χ0) is 21.8. The zero-order valence-corrected chi connectivity index (χ0v) is 17.9. The van der Waals surface area contributed by atoms with Gasteiger partial charge in [0.1, 0.15) is 0 Å². The first-order valence-corrected chi connectivity index (χ1v) is 10.8. The Hall–Kier alpha value is -3.40. The minimum absolute atomic E-state index is 0.0129. The van der Waals surface area contributed by atoms with E-state index >= 15 is 0 Å². The van der Waals surface area contributed by atoms with Gasteiger partial charge < -0.3 is 10.6 Å². The van der Waals surface area contributed by atoms with Gasteiger partial charge in [0.05, 0.1) is 5.41 Å². The summed E-state index contributed by atoms with van der Waals surface area (Å²) in [7, 11) is 0. The molecule has 158 valence electrons. The number of primary amides is 1. The van der Waals surface area contributed by atoms with Gasteiger partial charge in [-0.25, -0.2) is 0 Å². The van der Waals surface area contributed by atoms with Crippen LogP contribution in [0, 0.1) is 12.3 Å². The highest BCUT2D eigenvalue weighted by Crippen LogP contribution is 2.38. The number of hydrogen-bond acceptors (Lipinski definition) is 2. The van der Waals surface area contributed by atoms with Crippen molar-refractivity contribution in [3.63, 3.8) is 0 Å². The maximum absolute atomic E-state index is 12.8. The molecule has 0 unspecified atom stereocenters. The molecule has 0 radical (unpaired) electrons. The number of amides is 2. The number of piperidine rings is 1. The van der Waals surface area contributed by atoms with Crippen molar-refractivity contribution in [2.75, 3.05) is 13.1 Å². The first-order chi connectivity index (χ1) is 15.0. The molecular formula is C27H28N2O2. The van der Waals surface area contributed by atoms with Crippen molar-refractivity contribution in [3.8, 4) is 11.1 Å². The number of carbonyl (C=O) groups is 2. The van der Waals surface area contributed by atoms with E-state index in [1.807, 2.05) is 59.5 Å². The summed E-state index contributed by atoms with van der Waals surface area (Å²) in [6.07, 6.45) is 1.73. The fourth-order valence-electron chi connectivity index (χ4n) is 4.59. The molecule has 3 aromatic rings. The lowest BCUT2D eigenvalue weighted by Gasteiger charge is -2.40. The SMILES string of the molecule is Cc1ccccc1-c1ccccc1CC1(C(N)=O)CCN(C(=O)c2ccccc2)CC1. The lowest BCUT2D eigenvalue weighted by Crippen LogP contribution is -2.50. The highest BCUT2D eigenvalue weighted by Gasteiger charge is 2.41. The average molecular weight is 413 g/mol. The Kier molecular flexibility index (Phi) is 5.90. The molecule has 1 fully saturated rings. The van der Waals surface area contributed by atoms with Gasteiger partial charge in [-0.05, 0) is 60.6 Å². The van der Waals surface area contributed by atoms with Crippen LogP contribution in [-0.2, 0) is 11.2 Å². The second kappa shape index (κ2) is 8.76. The fourth-order valence-corrected chi connectivity index (χ4v) is 4.59. The Balaban J connectivity index is 1.57. The molecule has 1 saturated heterocycles. The Morgan fingerprint density at radius 3 is 2.06 bits per heavy atom. The summed E-state index contributed by atoms with van der Waals surface area (Å²) in [6.45, 7) is 3.16. The number of benzene rings is 3. The fraction of sp³-hybridized carbons (Fsp3) is 0.259. The molecular weight excluding hydrogens is 384 g/mol. The predicted molar refractivity (Wildman–Crippen MR) is 124 cm³/mol. The second-order valence-corrected chi connectivity index (χ2v) is 8.45. The van der Waals surface area contributed by atoms with E-state index < -0.39 is 5.41 Å². The first-order valence-electron chi connectivity index (χ1n) is 10.8. The van der Waals surface area contributed by atoms with Crippen LogP contribution in [0.2, 0.25) is 0 Å². The molecule has 0 atom stereocenters. The highest BCUT2D eigenvalue weighted by molar-refractivity contribution is 5.94. The molecule has 4 nitrogen and oxygen atoms in total. The van der Waals surface area contributed by atoms with Crippen LogP contribution >= 0.6 is 0 Å². The van der Waals surface area contributed by atoms with Gasteiger partial charge in [0.25, 0.3) is 5.91 Å². The largest absolute Gasteiger partial charge is 0.369 e. The van der Waals surface area contributed by atoms with Gasteiger partial charge in [-0.2, -0.15) is 0 Å². The lowest BCUT2D eigenvalue weighted by atomic mass is 9.72. The predicted octanol–water partition coefficient (Wildman–Crippen LogP) is 4.61. The van der Waals surface area contributed by atoms with E-state index in [0.29, 0.717) is 37.9 Å². The molecule has 0 aliphatic carbocycles. The van der Waals surface area contributed by atoms with E-state index in [9.17, 15) is 9.59 Å². The minimum Gasteiger partial charge on any atom is -0.369 e. The maximum atomic E-state index is 12.8. The molecule has 3 aromatic carbocycles. The van der Waals surface area contributed by atoms with Crippen molar-refractivity contribution in [2.24, 2.45) is 11.1 Å². The van der Waals surface area contributed by atoms with Crippen molar-refractivity contribution in [1.29, 1.82) is 0 Å². The van der Waals surface area contributed by atoms with Crippen LogP contribution in [-0.4, -0.2) is 29.8 Å². The monoisotopic (exact) mass is 412 g/mol. The van der Waals surface area contributed by atoms with Gasteiger partial charge in [0, 0.05) is 18.7 Å². The number of hydrogen-bond donors (Lipinski definition) is 1. The van der Waals surface area contributed by atoms with Crippen molar-refractivity contribution < 1.29 is 9.59 Å². The van der Waals surface area contributed by atoms with Crippen LogP contribution in [0.15, 0.2) is 78.9 Å². The average Bonchev–Trinajstić information content (AvgIpc) is 2.80. The Morgan fingerprint density at radius 1 is 0.839 bits per heavy atom. The van der Waals surface area contributed by atoms with Crippen LogP contribution in [0.4, 0.5) is 0 Å². The van der Waals surface area contributed by atoms with Crippen molar-refractivity contribution in [3.05, 3.63) is 95.6 Å². The van der Waals surface area contributed by atoms with Crippen LogP contribution in [0.1, 0.15) is 34.3 Å². The number of nitrogens with two attached hydrogens (primary N) is 1. The quantitative estimate of drug-likeness (QED) is 0.665. The molecule has 0 aromatic heterocycles. The van der Waals surface area contributed by atoms with Crippen molar-refractivity contribution in [2.45, 2.75) is 26.2 Å². The molecule has 1 heterocycles. The third-order valence-electron chi connectivity index (χ3n) is 6.53. The molecule has 2 N–H and O–H groups in total. The smallest absolute Gasteiger partial charge is 0.253 e. The summed E-state index contributed by atoms with van der Waals surface area (Å²) in [5.41, 5.74) is 10.6. The maximum Gasteiger partial charge on any atom is 0.253 e. The Morgan fingerprint density at radius 2 is 1.42 bits per heavy atom. The summed E-state index contributed by atoms with van der Waals surface area (Å²) in [6, 6.07) is 25.8. The zero-order valence-electron chi connectivity index (χ0n) is 17.9. The molecule has 1 aliphatic rings. The summed E-state index contributed by atoms with van der Waals surface area (Å²) in [5, 5.41) is 0. The van der Waals surface area contributed by atoms with Crippen LogP contribution in [0.3, 0.4) is 0 Å². The van der Waals surface area contributed by atoms with Gasteiger partial charge >= 0.3 is 0 Å². The standard InChI is InChI=1S/C27H28N2O2/c1-20-9-5-7-13-23(20)24-14-8-6-12-22(24)19-27(26(28)31)15-17-29(18-16-27)25(30)21-10-3-2-4-11-21/h2-14H,15-19H2,1H3,(H2,28,31). The normalized spacial score (nSPS) is 15.5. The van der Waals surface area contributed by atoms with Gasteiger partial charge in [-0.15, -0.1) is 0 Å². The summed E-state index contributed by atoms with van der Waals surface area (Å²) >= 11 is 0. The third-order valence-corrected chi connectivity index (χ3v) is 6.53. The van der Waals surface area contributed by atoms with E-state index in [4.69, 9.17) is 5.73 Å². The van der Waals surface area contributed by atoms with E-state index in [2.05, 4.69) is 31.2 Å². The van der Waals surface area contributed by atoms with Gasteiger partial charge in [0.2, 0.25) is 5.91 Å². The van der Waals surface area contributed by atoms with Crippen molar-refractivity contribution >= 4 is 11.8 Å². The van der Waals surface area contributed by atoms with Gasteiger partial charge in [-0.1, -0.05) is 66.7 Å². The first kappa shape index (κ1) is 20.9. The summed E-state index contributed by atoms with van der Waals surface area (Å²) in [4.78, 5) is 27.3. The third kappa shape index (κ3) is 4.24. The summed E-state index contributed by atoms with van der Waals surface area (Å²) in [5.74, 6) is -0.266. The van der Waals surface area contributed by atoms with E-state index in [1.54, 1.807) is 0 Å². The summed E-state index contributed by atoms with van der Waals surface area (Å²) < 4.78 is 0. The molecule has 0 bridgehead atoms. The van der Waals surface area contributed by atoms with Crippen LogP contribution < -0.4 is 5.73 Å². The van der Waals surface area contributed by atoms with E-state index in [-0.39, 0.29) is 11.8 Å². The highest BCUT2D eigenvalue weighted by atomic mass is 16.2. The van der Waals surface area contributed by atoms with Crippen molar-refractivity contribution in [1.82, 2.24) is 4.90 Å². The molecule has 0 saturated carbocycles. The Labute approximate surface area is 183 Å². The molecule has 4 heteroatoms. The Bertz CT molecular complexity index is 1080. The minimum atomic E-state index is -0.647. The van der Waals surface area contributed by atoms with Gasteiger partial charge in [0.15, 0.2) is 0 Å².